The second-order valence-electron chi connectivity index (χ2n) is 9.10. The van der Waals surface area contributed by atoms with Gasteiger partial charge in [-0.15, -0.1) is 0 Å². The van der Waals surface area contributed by atoms with E-state index in [0.717, 1.165) is 32.2 Å². The zero-order valence-electron chi connectivity index (χ0n) is 21.5. The second kappa shape index (κ2) is 13.0. The lowest BCUT2D eigenvalue weighted by Crippen LogP contribution is -2.45. The van der Waals surface area contributed by atoms with E-state index in [4.69, 9.17) is 17.3 Å². The van der Waals surface area contributed by atoms with E-state index in [1.165, 1.54) is 18.3 Å². The van der Waals surface area contributed by atoms with Gasteiger partial charge < -0.3 is 20.6 Å². The molecule has 1 aliphatic heterocycles. The number of nitrogens with two attached hydrogens (primary N) is 1. The fraction of sp³-hybridized carbons (Fsp3) is 0.346. The maximum absolute atomic E-state index is 13.3. The van der Waals surface area contributed by atoms with Gasteiger partial charge in [0.2, 0.25) is 5.95 Å². The Balaban J connectivity index is 0.000000241. The molecule has 2 aromatic carbocycles. The largest absolute Gasteiger partial charge is 0.478 e. The number of aromatic carboxylic acids is 1. The molecule has 0 atom stereocenters. The van der Waals surface area contributed by atoms with Crippen LogP contribution in [0.1, 0.15) is 27.0 Å². The standard InChI is InChI=1S/C16H16ClFN4O2.C10H9F6N/c1-21-4-6-22(7-5-21)16-19-9-12(15(23)24)14(20-16)11-3-2-10(18)8-13(11)17;11-9(12,13)7-3-6(1-2-17)4-8(5-7)10(14,15)16/h2-3,8-9H,4-7H2,1H3,(H,23,24);3-5H,1-2,17H2. The molecule has 0 aliphatic carbocycles. The van der Waals surface area contributed by atoms with Crippen molar-refractivity contribution in [2.45, 2.75) is 18.8 Å². The smallest absolute Gasteiger partial charge is 0.416 e. The molecule has 1 aromatic heterocycles. The Bertz CT molecular complexity index is 1350. The molecule has 0 bridgehead atoms. The Hall–Kier alpha value is -3.49. The van der Waals surface area contributed by atoms with Crippen LogP contribution in [0.25, 0.3) is 11.3 Å². The van der Waals surface area contributed by atoms with Gasteiger partial charge in [0.25, 0.3) is 0 Å². The molecular formula is C26H25ClF7N5O2. The minimum absolute atomic E-state index is 0.0153. The van der Waals surface area contributed by atoms with E-state index < -0.39 is 35.3 Å². The van der Waals surface area contributed by atoms with E-state index in [0.29, 0.717) is 23.6 Å². The summed E-state index contributed by atoms with van der Waals surface area (Å²) in [6.07, 6.45) is -8.36. The fourth-order valence-electron chi connectivity index (χ4n) is 3.91. The monoisotopic (exact) mass is 607 g/mol. The molecule has 0 radical (unpaired) electrons. The number of rotatable bonds is 5. The number of halogens is 8. The lowest BCUT2D eigenvalue weighted by Gasteiger charge is -2.32. The number of aromatic nitrogens is 2. The number of hydrogen-bond donors (Lipinski definition) is 2. The van der Waals surface area contributed by atoms with Gasteiger partial charge in [0, 0.05) is 37.9 Å². The van der Waals surface area contributed by atoms with Gasteiger partial charge in [0.1, 0.15) is 11.4 Å². The van der Waals surface area contributed by atoms with Crippen molar-refractivity contribution >= 4 is 23.5 Å². The van der Waals surface area contributed by atoms with E-state index >= 15 is 0 Å². The third kappa shape index (κ3) is 8.50. The molecule has 15 heteroatoms. The van der Waals surface area contributed by atoms with Gasteiger partial charge in [-0.25, -0.2) is 19.2 Å². The van der Waals surface area contributed by atoms with Crippen molar-refractivity contribution < 1.29 is 40.6 Å². The highest BCUT2D eigenvalue weighted by atomic mass is 35.5. The van der Waals surface area contributed by atoms with Crippen LogP contribution in [0, 0.1) is 5.82 Å². The van der Waals surface area contributed by atoms with Crippen molar-refractivity contribution in [2.24, 2.45) is 5.73 Å². The highest BCUT2D eigenvalue weighted by molar-refractivity contribution is 6.33. The van der Waals surface area contributed by atoms with E-state index in [1.807, 2.05) is 11.9 Å². The first kappa shape index (κ1) is 32.0. The SMILES string of the molecule is CN1CCN(c2ncc(C(=O)O)c(-c3ccc(F)cc3Cl)n2)CC1.NCCc1cc(C(F)(F)F)cc(C(F)(F)F)c1. The number of piperazine rings is 1. The van der Waals surface area contributed by atoms with Crippen LogP contribution in [0.5, 0.6) is 0 Å². The molecule has 222 valence electrons. The van der Waals surface area contributed by atoms with Gasteiger partial charge in [-0.3, -0.25) is 0 Å². The average Bonchev–Trinajstić information content (AvgIpc) is 2.88. The number of likely N-dealkylation sites (N-methyl/N-ethyl adjacent to an activating group) is 1. The first-order chi connectivity index (χ1) is 19.1. The molecule has 3 N–H and O–H groups in total. The zero-order valence-corrected chi connectivity index (χ0v) is 22.3. The molecule has 0 unspecified atom stereocenters. The molecule has 3 aromatic rings. The van der Waals surface area contributed by atoms with Crippen molar-refractivity contribution in [2.75, 3.05) is 44.7 Å². The maximum atomic E-state index is 13.3. The minimum atomic E-state index is -4.80. The van der Waals surface area contributed by atoms with Crippen molar-refractivity contribution in [1.82, 2.24) is 14.9 Å². The molecule has 41 heavy (non-hydrogen) atoms. The number of benzene rings is 2. The quantitative estimate of drug-likeness (QED) is 0.364. The van der Waals surface area contributed by atoms with Crippen LogP contribution >= 0.6 is 11.6 Å². The van der Waals surface area contributed by atoms with Crippen LogP contribution in [-0.2, 0) is 18.8 Å². The normalized spacial score (nSPS) is 14.4. The van der Waals surface area contributed by atoms with Crippen molar-refractivity contribution in [3.63, 3.8) is 0 Å². The lowest BCUT2D eigenvalue weighted by molar-refractivity contribution is -0.143. The molecule has 7 nitrogen and oxygen atoms in total. The molecule has 1 saturated heterocycles. The molecule has 1 aliphatic rings. The topological polar surface area (TPSA) is 95.6 Å². The number of carboxylic acids is 1. The average molecular weight is 608 g/mol. The Kier molecular flexibility index (Phi) is 10.2. The van der Waals surface area contributed by atoms with Crippen molar-refractivity contribution in [3.05, 3.63) is 75.7 Å². The van der Waals surface area contributed by atoms with Crippen LogP contribution in [0.4, 0.5) is 36.7 Å². The third-order valence-electron chi connectivity index (χ3n) is 6.06. The van der Waals surface area contributed by atoms with Gasteiger partial charge in [-0.1, -0.05) is 11.6 Å². The molecule has 2 heterocycles. The van der Waals surface area contributed by atoms with Crippen LogP contribution in [0.15, 0.2) is 42.6 Å². The summed E-state index contributed by atoms with van der Waals surface area (Å²) in [6, 6.07) is 5.26. The summed E-state index contributed by atoms with van der Waals surface area (Å²) in [4.78, 5) is 24.3. The Labute approximate surface area is 235 Å². The molecule has 0 spiro atoms. The summed E-state index contributed by atoms with van der Waals surface area (Å²) >= 11 is 6.08. The van der Waals surface area contributed by atoms with E-state index in [1.54, 1.807) is 0 Å². The van der Waals surface area contributed by atoms with Gasteiger partial charge in [-0.2, -0.15) is 26.3 Å². The summed E-state index contributed by atoms with van der Waals surface area (Å²) in [5.41, 5.74) is 2.91. The maximum Gasteiger partial charge on any atom is 0.416 e. The Morgan fingerprint density at radius 3 is 2.07 bits per heavy atom. The predicted octanol–water partition coefficient (Wildman–Crippen LogP) is 5.61. The fourth-order valence-corrected chi connectivity index (χ4v) is 4.16. The number of hydrogen-bond acceptors (Lipinski definition) is 6. The van der Waals surface area contributed by atoms with Gasteiger partial charge >= 0.3 is 18.3 Å². The van der Waals surface area contributed by atoms with Crippen molar-refractivity contribution in [3.8, 4) is 11.3 Å². The number of anilines is 1. The molecule has 0 saturated carbocycles. The van der Waals surface area contributed by atoms with E-state index in [-0.39, 0.29) is 40.9 Å². The number of alkyl halides is 6. The first-order valence-corrected chi connectivity index (χ1v) is 12.5. The van der Waals surface area contributed by atoms with Gasteiger partial charge in [-0.05, 0) is 62.0 Å². The van der Waals surface area contributed by atoms with Gasteiger partial charge in [0.15, 0.2) is 0 Å². The zero-order chi connectivity index (χ0) is 30.5. The van der Waals surface area contributed by atoms with Crippen LogP contribution in [0.3, 0.4) is 0 Å². The van der Waals surface area contributed by atoms with Crippen LogP contribution in [-0.4, -0.2) is 65.7 Å². The second-order valence-corrected chi connectivity index (χ2v) is 9.51. The first-order valence-electron chi connectivity index (χ1n) is 12.1. The lowest BCUT2D eigenvalue weighted by atomic mass is 10.0. The van der Waals surface area contributed by atoms with Crippen LogP contribution in [0.2, 0.25) is 5.02 Å². The highest BCUT2D eigenvalue weighted by Gasteiger charge is 2.36. The predicted molar refractivity (Wildman–Crippen MR) is 138 cm³/mol. The van der Waals surface area contributed by atoms with E-state index in [2.05, 4.69) is 14.9 Å². The summed E-state index contributed by atoms with van der Waals surface area (Å²) < 4.78 is 87.5. The number of carbonyl (C=O) groups is 1. The Morgan fingerprint density at radius 1 is 1.00 bits per heavy atom. The van der Waals surface area contributed by atoms with E-state index in [9.17, 15) is 40.6 Å². The number of carboxylic acid groups (broad SMARTS) is 1. The number of nitrogens with zero attached hydrogens (tertiary/aromatic N) is 4. The summed E-state index contributed by atoms with van der Waals surface area (Å²) in [5, 5.41) is 9.50. The summed E-state index contributed by atoms with van der Waals surface area (Å²) in [5.74, 6) is -1.20. The molecule has 1 fully saturated rings. The molecular weight excluding hydrogens is 583 g/mol. The Morgan fingerprint density at radius 2 is 1.59 bits per heavy atom. The summed E-state index contributed by atoms with van der Waals surface area (Å²) in [6.45, 7) is 3.23. The molecule has 4 rings (SSSR count). The summed E-state index contributed by atoms with van der Waals surface area (Å²) in [7, 11) is 2.04. The third-order valence-corrected chi connectivity index (χ3v) is 6.37. The van der Waals surface area contributed by atoms with Crippen molar-refractivity contribution in [1.29, 1.82) is 0 Å². The molecule has 0 amide bonds. The van der Waals surface area contributed by atoms with Gasteiger partial charge in [0.05, 0.1) is 21.8 Å². The highest BCUT2D eigenvalue weighted by Crippen LogP contribution is 2.36. The minimum Gasteiger partial charge on any atom is -0.478 e. The van der Waals surface area contributed by atoms with Crippen LogP contribution < -0.4 is 10.6 Å².